The highest BCUT2D eigenvalue weighted by molar-refractivity contribution is 7.92. The SMILES string of the molecule is COC(=O)CNS(=O)(=O)/C=C/[C@H](Cc1ccc(O[Si](c2ccccc2)(c2ccccc2)C(C)(C)C)cc1)NC(=O)OC(C)(C)C. The third-order valence-corrected chi connectivity index (χ3v) is 12.9. The van der Waals surface area contributed by atoms with Gasteiger partial charge in [0.25, 0.3) is 0 Å². The van der Waals surface area contributed by atoms with Crippen LogP contribution in [0.1, 0.15) is 47.1 Å². The van der Waals surface area contributed by atoms with E-state index in [-0.39, 0.29) is 11.5 Å². The number of hydrogen-bond donors (Lipinski definition) is 2. The maximum Gasteiger partial charge on any atom is 0.408 e. The monoisotopic (exact) mass is 652 g/mol. The van der Waals surface area contributed by atoms with E-state index < -0.39 is 48.6 Å². The Morgan fingerprint density at radius 1 is 0.844 bits per heavy atom. The lowest BCUT2D eigenvalue weighted by Gasteiger charge is -2.43. The van der Waals surface area contributed by atoms with Crippen molar-refractivity contribution in [3.05, 3.63) is 102 Å². The molecule has 11 heteroatoms. The maximum atomic E-state index is 12.6. The number of ether oxygens (including phenoxy) is 2. The summed E-state index contributed by atoms with van der Waals surface area (Å²) in [4.78, 5) is 24.0. The summed E-state index contributed by atoms with van der Waals surface area (Å²) in [5, 5.41) is 5.74. The van der Waals surface area contributed by atoms with Crippen molar-refractivity contribution in [3.63, 3.8) is 0 Å². The van der Waals surface area contributed by atoms with Crippen molar-refractivity contribution < 1.29 is 31.9 Å². The molecule has 2 N–H and O–H groups in total. The number of carbonyl (C=O) groups is 2. The van der Waals surface area contributed by atoms with E-state index in [1.165, 1.54) is 6.08 Å². The van der Waals surface area contributed by atoms with E-state index in [1.54, 1.807) is 20.8 Å². The molecule has 3 rings (SSSR count). The van der Waals surface area contributed by atoms with Gasteiger partial charge in [-0.2, -0.15) is 0 Å². The minimum Gasteiger partial charge on any atom is -0.534 e. The molecule has 0 aliphatic rings. The van der Waals surface area contributed by atoms with Gasteiger partial charge < -0.3 is 19.2 Å². The zero-order chi connectivity index (χ0) is 33.3. The molecular weight excluding hydrogens is 609 g/mol. The lowest BCUT2D eigenvalue weighted by atomic mass is 10.1. The minimum atomic E-state index is -3.98. The van der Waals surface area contributed by atoms with Crippen LogP contribution < -0.4 is 24.8 Å². The number of hydrogen-bond acceptors (Lipinski definition) is 7. The highest BCUT2D eigenvalue weighted by atomic mass is 32.2. The summed E-state index contributed by atoms with van der Waals surface area (Å²) in [5.41, 5.74) is 0.0855. The number of benzene rings is 3. The third kappa shape index (κ3) is 10.3. The Hall–Kier alpha value is -3.93. The number of rotatable bonds is 12. The highest BCUT2D eigenvalue weighted by Crippen LogP contribution is 2.37. The fraction of sp³-hybridized carbons (Fsp3) is 0.353. The normalized spacial score (nSPS) is 13.2. The average Bonchev–Trinajstić information content (AvgIpc) is 2.97. The lowest BCUT2D eigenvalue weighted by molar-refractivity contribution is -0.139. The Balaban J connectivity index is 1.91. The largest absolute Gasteiger partial charge is 0.534 e. The molecule has 1 amide bonds. The molecule has 0 aromatic heterocycles. The van der Waals surface area contributed by atoms with E-state index >= 15 is 0 Å². The van der Waals surface area contributed by atoms with Crippen molar-refractivity contribution in [2.24, 2.45) is 0 Å². The molecule has 0 heterocycles. The van der Waals surface area contributed by atoms with Gasteiger partial charge >= 0.3 is 20.4 Å². The number of esters is 1. The Morgan fingerprint density at radius 3 is 1.84 bits per heavy atom. The van der Waals surface area contributed by atoms with Crippen molar-refractivity contribution >= 4 is 40.8 Å². The Labute approximate surface area is 268 Å². The number of methoxy groups -OCH3 is 1. The molecule has 1 atom stereocenters. The van der Waals surface area contributed by atoms with Gasteiger partial charge in [-0.3, -0.25) is 4.79 Å². The molecule has 0 aliphatic carbocycles. The summed E-state index contributed by atoms with van der Waals surface area (Å²) < 4.78 is 44.0. The topological polar surface area (TPSA) is 120 Å². The summed E-state index contributed by atoms with van der Waals surface area (Å²) in [5.74, 6) is -0.0226. The van der Waals surface area contributed by atoms with Gasteiger partial charge in [-0.1, -0.05) is 93.6 Å². The first-order valence-corrected chi connectivity index (χ1v) is 18.1. The van der Waals surface area contributed by atoms with Crippen LogP contribution in [0.5, 0.6) is 5.75 Å². The van der Waals surface area contributed by atoms with Crippen LogP contribution in [0.15, 0.2) is 96.4 Å². The zero-order valence-electron chi connectivity index (χ0n) is 27.0. The Kier molecular flexibility index (Phi) is 11.8. The van der Waals surface area contributed by atoms with Gasteiger partial charge in [-0.15, -0.1) is 0 Å². The first-order chi connectivity index (χ1) is 21.0. The summed E-state index contributed by atoms with van der Waals surface area (Å²) in [7, 11) is -5.64. The van der Waals surface area contributed by atoms with E-state index in [4.69, 9.17) is 9.16 Å². The molecule has 0 radical (unpaired) electrons. The molecule has 0 saturated heterocycles. The van der Waals surface area contributed by atoms with Crippen molar-refractivity contribution in [3.8, 4) is 5.75 Å². The molecule has 0 fully saturated rings. The molecule has 0 unspecified atom stereocenters. The maximum absolute atomic E-state index is 12.6. The van der Waals surface area contributed by atoms with Gasteiger partial charge in [0.05, 0.1) is 13.2 Å². The molecular formula is C34H44N2O7SSi. The second-order valence-electron chi connectivity index (χ2n) is 12.6. The zero-order valence-corrected chi connectivity index (χ0v) is 28.8. The van der Waals surface area contributed by atoms with Crippen molar-refractivity contribution in [2.75, 3.05) is 13.7 Å². The van der Waals surface area contributed by atoms with E-state index in [0.717, 1.165) is 28.5 Å². The number of nitrogens with one attached hydrogen (secondary N) is 2. The molecule has 45 heavy (non-hydrogen) atoms. The predicted molar refractivity (Wildman–Crippen MR) is 180 cm³/mol. The standard InChI is InChI=1S/C34H44N2O7SSi/c1-33(2,3)42-32(38)36-27(22-23-44(39,40)35-25-31(37)41-7)24-26-18-20-28(21-19-26)43-45(34(4,5)6,29-14-10-8-11-15-29)30-16-12-9-13-17-30/h8-23,27,35H,24-25H2,1-7H3,(H,36,38)/b23-22+/t27-/m1/s1. The first kappa shape index (κ1) is 35.5. The molecule has 9 nitrogen and oxygen atoms in total. The molecule has 3 aromatic rings. The van der Waals surface area contributed by atoms with E-state index in [0.29, 0.717) is 5.75 Å². The number of amides is 1. The summed E-state index contributed by atoms with van der Waals surface area (Å²) >= 11 is 0. The molecule has 3 aromatic carbocycles. The number of alkyl carbamates (subject to hydrolysis) is 1. The summed E-state index contributed by atoms with van der Waals surface area (Å²) in [6.45, 7) is 11.3. The van der Waals surface area contributed by atoms with Gasteiger partial charge in [0.15, 0.2) is 0 Å². The molecule has 0 bridgehead atoms. The van der Waals surface area contributed by atoms with Crippen LogP contribution >= 0.6 is 0 Å². The van der Waals surface area contributed by atoms with Crippen LogP contribution in [0, 0.1) is 0 Å². The predicted octanol–water partition coefficient (Wildman–Crippen LogP) is 4.67. The third-order valence-electron chi connectivity index (χ3n) is 6.90. The van der Waals surface area contributed by atoms with Gasteiger partial charge in [-0.25, -0.2) is 17.9 Å². The second-order valence-corrected chi connectivity index (χ2v) is 18.5. The minimum absolute atomic E-state index is 0.213. The smallest absolute Gasteiger partial charge is 0.408 e. The summed E-state index contributed by atoms with van der Waals surface area (Å²) in [6.07, 6.45) is 0.918. The first-order valence-electron chi connectivity index (χ1n) is 14.7. The molecule has 242 valence electrons. The van der Waals surface area contributed by atoms with Gasteiger partial charge in [0.1, 0.15) is 17.9 Å². The van der Waals surface area contributed by atoms with E-state index in [1.807, 2.05) is 60.7 Å². The number of carbonyl (C=O) groups excluding carboxylic acids is 2. The van der Waals surface area contributed by atoms with Crippen molar-refractivity contribution in [1.29, 1.82) is 0 Å². The molecule has 0 spiro atoms. The highest BCUT2D eigenvalue weighted by Gasteiger charge is 2.52. The molecule has 0 aliphatic heterocycles. The van der Waals surface area contributed by atoms with Crippen LogP contribution in [0.2, 0.25) is 5.04 Å². The number of sulfonamides is 1. The average molecular weight is 653 g/mol. The quantitative estimate of drug-likeness (QED) is 0.216. The van der Waals surface area contributed by atoms with Crippen LogP contribution in [0.3, 0.4) is 0 Å². The van der Waals surface area contributed by atoms with Gasteiger partial charge in [-0.05, 0) is 66.4 Å². The van der Waals surface area contributed by atoms with Crippen LogP contribution in [0.25, 0.3) is 0 Å². The van der Waals surface area contributed by atoms with Crippen LogP contribution in [0.4, 0.5) is 4.79 Å². The summed E-state index contributed by atoms with van der Waals surface area (Å²) in [6, 6.07) is 27.5. The van der Waals surface area contributed by atoms with E-state index in [9.17, 15) is 18.0 Å². The van der Waals surface area contributed by atoms with Crippen LogP contribution in [-0.4, -0.2) is 54.1 Å². The van der Waals surface area contributed by atoms with Gasteiger partial charge in [0.2, 0.25) is 10.0 Å². The fourth-order valence-corrected chi connectivity index (χ4v) is 10.1. The molecule has 0 saturated carbocycles. The van der Waals surface area contributed by atoms with Crippen LogP contribution in [-0.2, 0) is 30.7 Å². The van der Waals surface area contributed by atoms with E-state index in [2.05, 4.69) is 59.8 Å². The Morgan fingerprint density at radius 2 is 1.38 bits per heavy atom. The van der Waals surface area contributed by atoms with Crippen molar-refractivity contribution in [1.82, 2.24) is 10.0 Å². The second kappa shape index (κ2) is 14.9. The fourth-order valence-electron chi connectivity index (χ4n) is 4.88. The van der Waals surface area contributed by atoms with Crippen molar-refractivity contribution in [2.45, 2.75) is 64.6 Å². The Bertz CT molecular complexity index is 1510. The lowest BCUT2D eigenvalue weighted by Crippen LogP contribution is -2.68. The van der Waals surface area contributed by atoms with Gasteiger partial charge in [0, 0.05) is 5.41 Å².